The molecule has 1 N–H and O–H groups in total. The van der Waals surface area contributed by atoms with Gasteiger partial charge in [0.25, 0.3) is 0 Å². The lowest BCUT2D eigenvalue weighted by atomic mass is 10.2. The topological polar surface area (TPSA) is 68.0 Å². The lowest BCUT2D eigenvalue weighted by molar-refractivity contribution is -0.137. The van der Waals surface area contributed by atoms with Crippen molar-refractivity contribution in [2.24, 2.45) is 0 Å². The largest absolute Gasteiger partial charge is 0.417 e. The first kappa shape index (κ1) is 15.3. The summed E-state index contributed by atoms with van der Waals surface area (Å²) >= 11 is 5.48. The summed E-state index contributed by atoms with van der Waals surface area (Å²) in [5.74, 6) is -0.132. The van der Waals surface area contributed by atoms with Crippen LogP contribution in [0.1, 0.15) is 17.3 Å². The number of carbonyl (C=O) groups excluding carboxylic acids is 1. The zero-order valence-electron chi connectivity index (χ0n) is 10.7. The second-order valence-electron chi connectivity index (χ2n) is 4.15. The van der Waals surface area contributed by atoms with Crippen molar-refractivity contribution in [3.8, 4) is 0 Å². The summed E-state index contributed by atoms with van der Waals surface area (Å²) in [4.78, 5) is 15.5. The summed E-state index contributed by atoms with van der Waals surface area (Å²) in [5.41, 5.74) is -1.04. The van der Waals surface area contributed by atoms with Gasteiger partial charge in [-0.15, -0.1) is 0 Å². The first-order valence-corrected chi connectivity index (χ1v) is 6.09. The van der Waals surface area contributed by atoms with Crippen molar-refractivity contribution in [1.29, 1.82) is 0 Å². The molecule has 0 aliphatic rings. The van der Waals surface area contributed by atoms with E-state index < -0.39 is 22.7 Å². The monoisotopic (exact) mass is 319 g/mol. The second kappa shape index (κ2) is 5.72. The third kappa shape index (κ3) is 3.94. The van der Waals surface area contributed by atoms with Crippen LogP contribution < -0.4 is 5.32 Å². The number of rotatable bonds is 3. The Bertz CT molecular complexity index is 670. The van der Waals surface area contributed by atoms with Gasteiger partial charge in [0.2, 0.25) is 11.8 Å². The number of aryl methyl sites for hydroxylation is 1. The minimum absolute atomic E-state index is 0.0204. The van der Waals surface area contributed by atoms with Gasteiger partial charge in [0, 0.05) is 5.69 Å². The van der Waals surface area contributed by atoms with Crippen molar-refractivity contribution >= 4 is 23.2 Å². The number of halogens is 4. The molecule has 0 fully saturated rings. The molecule has 0 bridgehead atoms. The predicted molar refractivity (Wildman–Crippen MR) is 67.8 cm³/mol. The average molecular weight is 320 g/mol. The van der Waals surface area contributed by atoms with Gasteiger partial charge >= 0.3 is 6.18 Å². The van der Waals surface area contributed by atoms with E-state index in [1.807, 2.05) is 0 Å². The number of alkyl halides is 3. The van der Waals surface area contributed by atoms with E-state index in [1.165, 1.54) is 6.07 Å². The fourth-order valence-corrected chi connectivity index (χ4v) is 1.80. The van der Waals surface area contributed by atoms with E-state index in [4.69, 9.17) is 16.1 Å². The van der Waals surface area contributed by atoms with Crippen LogP contribution in [0.4, 0.5) is 18.9 Å². The normalized spacial score (nSPS) is 11.5. The smallest absolute Gasteiger partial charge is 0.339 e. The Hall–Kier alpha value is -2.09. The Morgan fingerprint density at radius 3 is 2.71 bits per heavy atom. The van der Waals surface area contributed by atoms with Crippen molar-refractivity contribution in [2.75, 3.05) is 5.32 Å². The quantitative estimate of drug-likeness (QED) is 0.943. The lowest BCUT2D eigenvalue weighted by Gasteiger charge is -2.11. The highest BCUT2D eigenvalue weighted by molar-refractivity contribution is 6.31. The van der Waals surface area contributed by atoms with E-state index in [0.717, 1.165) is 12.1 Å². The number of aromatic nitrogens is 2. The van der Waals surface area contributed by atoms with E-state index >= 15 is 0 Å². The van der Waals surface area contributed by atoms with Crippen LogP contribution >= 0.6 is 11.6 Å². The minimum Gasteiger partial charge on any atom is -0.339 e. The predicted octanol–water partition coefficient (Wildman–Crippen LogP) is 3.23. The maximum atomic E-state index is 12.7. The zero-order valence-corrected chi connectivity index (χ0v) is 11.4. The molecule has 1 aromatic heterocycles. The van der Waals surface area contributed by atoms with Gasteiger partial charge in [0.15, 0.2) is 5.82 Å². The van der Waals surface area contributed by atoms with E-state index in [-0.39, 0.29) is 18.0 Å². The first-order chi connectivity index (χ1) is 9.75. The third-order valence-corrected chi connectivity index (χ3v) is 2.77. The van der Waals surface area contributed by atoms with Crippen LogP contribution in [-0.2, 0) is 17.4 Å². The number of nitrogens with one attached hydrogen (secondary N) is 1. The van der Waals surface area contributed by atoms with Crippen LogP contribution in [-0.4, -0.2) is 16.0 Å². The van der Waals surface area contributed by atoms with Crippen LogP contribution in [0.25, 0.3) is 0 Å². The van der Waals surface area contributed by atoms with Gasteiger partial charge in [-0.3, -0.25) is 4.79 Å². The molecule has 0 aliphatic carbocycles. The van der Waals surface area contributed by atoms with Crippen LogP contribution in [0, 0.1) is 6.92 Å². The average Bonchev–Trinajstić information content (AvgIpc) is 2.75. The molecule has 21 heavy (non-hydrogen) atoms. The Morgan fingerprint density at radius 1 is 1.43 bits per heavy atom. The zero-order chi connectivity index (χ0) is 15.6. The Labute approximate surface area is 122 Å². The molecule has 0 spiro atoms. The fourth-order valence-electron chi connectivity index (χ4n) is 1.57. The summed E-state index contributed by atoms with van der Waals surface area (Å²) in [6.45, 7) is 1.58. The van der Waals surface area contributed by atoms with E-state index in [1.54, 1.807) is 6.92 Å². The molecule has 9 heteroatoms. The standard InChI is InChI=1S/C12H9ClF3N3O2/c1-6-17-11(21-19-6)5-10(20)18-7-2-3-9(13)8(4-7)12(14,15)16/h2-4H,5H2,1H3,(H,18,20). The summed E-state index contributed by atoms with van der Waals surface area (Å²) in [5, 5.41) is 5.38. The highest BCUT2D eigenvalue weighted by Gasteiger charge is 2.33. The molecule has 1 heterocycles. The number of nitrogens with zero attached hydrogens (tertiary/aromatic N) is 2. The van der Waals surface area contributed by atoms with Crippen molar-refractivity contribution < 1.29 is 22.5 Å². The minimum atomic E-state index is -4.60. The highest BCUT2D eigenvalue weighted by atomic mass is 35.5. The van der Waals surface area contributed by atoms with Gasteiger partial charge in [-0.05, 0) is 25.1 Å². The van der Waals surface area contributed by atoms with E-state index in [0.29, 0.717) is 5.82 Å². The van der Waals surface area contributed by atoms with Crippen LogP contribution in [0.2, 0.25) is 5.02 Å². The molecule has 1 amide bonds. The van der Waals surface area contributed by atoms with Crippen LogP contribution in [0.3, 0.4) is 0 Å². The van der Waals surface area contributed by atoms with E-state index in [9.17, 15) is 18.0 Å². The summed E-state index contributed by atoms with van der Waals surface area (Å²) in [6, 6.07) is 3.10. The maximum Gasteiger partial charge on any atom is 0.417 e. The van der Waals surface area contributed by atoms with E-state index in [2.05, 4.69) is 15.5 Å². The van der Waals surface area contributed by atoms with Crippen LogP contribution in [0.5, 0.6) is 0 Å². The molecular formula is C12H9ClF3N3O2. The van der Waals surface area contributed by atoms with Crippen molar-refractivity contribution in [3.05, 3.63) is 40.5 Å². The Kier molecular flexibility index (Phi) is 4.17. The van der Waals surface area contributed by atoms with Crippen molar-refractivity contribution in [1.82, 2.24) is 10.1 Å². The van der Waals surface area contributed by atoms with Gasteiger partial charge < -0.3 is 9.84 Å². The molecule has 2 aromatic rings. The molecule has 0 atom stereocenters. The number of amides is 1. The Balaban J connectivity index is 2.11. The first-order valence-electron chi connectivity index (χ1n) is 5.71. The Morgan fingerprint density at radius 2 is 2.14 bits per heavy atom. The van der Waals surface area contributed by atoms with Crippen LogP contribution in [0.15, 0.2) is 22.7 Å². The molecule has 0 saturated carbocycles. The number of benzene rings is 1. The maximum absolute atomic E-state index is 12.7. The number of hydrogen-bond donors (Lipinski definition) is 1. The molecule has 2 rings (SSSR count). The molecule has 5 nitrogen and oxygen atoms in total. The lowest BCUT2D eigenvalue weighted by Crippen LogP contribution is -2.15. The molecular weight excluding hydrogens is 311 g/mol. The number of anilines is 1. The van der Waals surface area contributed by atoms with Crippen molar-refractivity contribution in [3.63, 3.8) is 0 Å². The molecule has 112 valence electrons. The molecule has 0 saturated heterocycles. The van der Waals surface area contributed by atoms with Gasteiger partial charge in [-0.1, -0.05) is 16.8 Å². The molecule has 0 unspecified atom stereocenters. The summed E-state index contributed by atoms with van der Waals surface area (Å²) in [6.07, 6.45) is -4.83. The highest BCUT2D eigenvalue weighted by Crippen LogP contribution is 2.36. The van der Waals surface area contributed by atoms with Crippen molar-refractivity contribution in [2.45, 2.75) is 19.5 Å². The number of carbonyl (C=O) groups is 1. The molecule has 0 radical (unpaired) electrons. The van der Waals surface area contributed by atoms with Gasteiger partial charge in [-0.25, -0.2) is 0 Å². The molecule has 0 aliphatic heterocycles. The third-order valence-electron chi connectivity index (χ3n) is 2.44. The molecule has 1 aromatic carbocycles. The second-order valence-corrected chi connectivity index (χ2v) is 4.56. The fraction of sp³-hybridized carbons (Fsp3) is 0.250. The number of hydrogen-bond acceptors (Lipinski definition) is 4. The SMILES string of the molecule is Cc1noc(CC(=O)Nc2ccc(Cl)c(C(F)(F)F)c2)n1. The summed E-state index contributed by atoms with van der Waals surface area (Å²) in [7, 11) is 0. The van der Waals surface area contributed by atoms with Gasteiger partial charge in [0.1, 0.15) is 6.42 Å². The van der Waals surface area contributed by atoms with Gasteiger partial charge in [0.05, 0.1) is 10.6 Å². The van der Waals surface area contributed by atoms with Gasteiger partial charge in [-0.2, -0.15) is 18.2 Å². The summed E-state index contributed by atoms with van der Waals surface area (Å²) < 4.78 is 42.8.